The van der Waals surface area contributed by atoms with Crippen LogP contribution in [0.1, 0.15) is 47.7 Å². The highest BCUT2D eigenvalue weighted by Gasteiger charge is 2.27. The normalized spacial score (nSPS) is 17.1. The summed E-state index contributed by atoms with van der Waals surface area (Å²) in [6.07, 6.45) is 8.99. The summed E-state index contributed by atoms with van der Waals surface area (Å²) < 4.78 is 18.8. The number of pyridine rings is 1. The van der Waals surface area contributed by atoms with Crippen molar-refractivity contribution < 1.29 is 9.18 Å². The molecule has 0 atom stereocenters. The number of carbonyl (C=O) groups excluding carboxylic acids is 1. The van der Waals surface area contributed by atoms with Crippen molar-refractivity contribution in [3.63, 3.8) is 0 Å². The molecule has 6 rings (SSSR count). The summed E-state index contributed by atoms with van der Waals surface area (Å²) in [4.78, 5) is 34.4. The van der Waals surface area contributed by atoms with Crippen molar-refractivity contribution in [3.8, 4) is 16.8 Å². The van der Waals surface area contributed by atoms with Crippen LogP contribution in [0.15, 0.2) is 89.0 Å². The van der Waals surface area contributed by atoms with E-state index in [0.29, 0.717) is 28.2 Å². The molecule has 42 heavy (non-hydrogen) atoms. The fourth-order valence-electron chi connectivity index (χ4n) is 5.83. The molecule has 0 radical (unpaired) electrons. The number of nitrogens with zero attached hydrogens (tertiary/aromatic N) is 5. The number of rotatable bonds is 6. The molecule has 0 bridgehead atoms. The van der Waals surface area contributed by atoms with E-state index in [1.165, 1.54) is 23.0 Å². The molecule has 3 aromatic heterocycles. The molecule has 0 saturated heterocycles. The SMILES string of the molecule is C/N=C/[C@H]1CC[C@H](c2cc(-c3ccc(NC(=O)c4cccn(-c5ccccc5)c4=O)cc3F)c3c(N)ncnn32)CC1. The van der Waals surface area contributed by atoms with E-state index in [2.05, 4.69) is 20.4 Å². The second-order valence-corrected chi connectivity index (χ2v) is 10.5. The molecule has 212 valence electrons. The standard InChI is InChI=1S/C32H30FN7O2/c1-35-18-20-9-11-21(12-10-20)28-17-26(29-30(34)36-19-37-40(28)29)24-14-13-22(16-27(24)33)38-31(41)25-8-5-15-39(32(25)42)23-6-3-2-4-7-23/h2-8,13-21H,9-12H2,1H3,(H,38,41)(H2,34,36,37)/b35-18+/t20-,21-. The number of aromatic nitrogens is 4. The topological polar surface area (TPSA) is 120 Å². The number of carbonyl (C=O) groups is 1. The smallest absolute Gasteiger partial charge is 0.267 e. The third-order valence-electron chi connectivity index (χ3n) is 7.90. The number of fused-ring (bicyclic) bond motifs is 1. The van der Waals surface area contributed by atoms with E-state index in [-0.39, 0.29) is 23.0 Å². The quantitative estimate of drug-likeness (QED) is 0.265. The first-order valence-corrected chi connectivity index (χ1v) is 13.9. The van der Waals surface area contributed by atoms with Crippen LogP contribution in [-0.4, -0.2) is 38.3 Å². The minimum absolute atomic E-state index is 0.0567. The van der Waals surface area contributed by atoms with Crippen LogP contribution in [0.3, 0.4) is 0 Å². The number of nitrogens with two attached hydrogens (primary N) is 1. The Labute approximate surface area is 241 Å². The van der Waals surface area contributed by atoms with E-state index in [9.17, 15) is 9.59 Å². The Bertz CT molecular complexity index is 1850. The Morgan fingerprint density at radius 1 is 1.05 bits per heavy atom. The molecular weight excluding hydrogens is 533 g/mol. The van der Waals surface area contributed by atoms with Crippen molar-refractivity contribution >= 4 is 29.1 Å². The van der Waals surface area contributed by atoms with Crippen LogP contribution in [0.25, 0.3) is 22.3 Å². The summed E-state index contributed by atoms with van der Waals surface area (Å²) in [7, 11) is 1.80. The Morgan fingerprint density at radius 3 is 2.57 bits per heavy atom. The zero-order valence-electron chi connectivity index (χ0n) is 23.1. The zero-order valence-corrected chi connectivity index (χ0v) is 23.1. The van der Waals surface area contributed by atoms with Gasteiger partial charge in [-0.15, -0.1) is 0 Å². The average Bonchev–Trinajstić information content (AvgIpc) is 3.39. The fraction of sp³-hybridized carbons (Fsp3) is 0.219. The van der Waals surface area contributed by atoms with Crippen molar-refractivity contribution in [1.82, 2.24) is 19.2 Å². The second-order valence-electron chi connectivity index (χ2n) is 10.5. The van der Waals surface area contributed by atoms with Gasteiger partial charge < -0.3 is 16.0 Å². The summed E-state index contributed by atoms with van der Waals surface area (Å²) in [5.41, 5.74) is 9.02. The van der Waals surface area contributed by atoms with Gasteiger partial charge in [-0.25, -0.2) is 13.9 Å². The Hall–Kier alpha value is -5.12. The van der Waals surface area contributed by atoms with Crippen molar-refractivity contribution in [2.45, 2.75) is 31.6 Å². The maximum Gasteiger partial charge on any atom is 0.267 e. The molecule has 9 nitrogen and oxygen atoms in total. The van der Waals surface area contributed by atoms with Gasteiger partial charge in [0.05, 0.1) is 0 Å². The highest BCUT2D eigenvalue weighted by molar-refractivity contribution is 6.04. The lowest BCUT2D eigenvalue weighted by atomic mass is 9.81. The number of benzene rings is 2. The number of nitrogens with one attached hydrogen (secondary N) is 1. The maximum atomic E-state index is 15.7. The lowest BCUT2D eigenvalue weighted by Gasteiger charge is -2.26. The van der Waals surface area contributed by atoms with Gasteiger partial charge in [-0.05, 0) is 80.1 Å². The number of aliphatic imine (C=N–C) groups is 1. The number of amides is 1. The van der Waals surface area contributed by atoms with Crippen LogP contribution in [0.4, 0.5) is 15.9 Å². The molecule has 1 aliphatic carbocycles. The van der Waals surface area contributed by atoms with Crippen molar-refractivity contribution in [2.75, 3.05) is 18.1 Å². The van der Waals surface area contributed by atoms with Gasteiger partial charge in [-0.3, -0.25) is 14.2 Å². The van der Waals surface area contributed by atoms with Crippen molar-refractivity contribution in [2.24, 2.45) is 10.9 Å². The number of nitrogen functional groups attached to an aromatic ring is 1. The van der Waals surface area contributed by atoms with Crippen LogP contribution >= 0.6 is 0 Å². The Morgan fingerprint density at radius 2 is 1.83 bits per heavy atom. The van der Waals surface area contributed by atoms with Gasteiger partial charge >= 0.3 is 0 Å². The summed E-state index contributed by atoms with van der Waals surface area (Å²) in [5.74, 6) is -0.208. The minimum Gasteiger partial charge on any atom is -0.382 e. The molecule has 1 fully saturated rings. The summed E-state index contributed by atoms with van der Waals surface area (Å²) in [6.45, 7) is 0. The van der Waals surface area contributed by atoms with E-state index in [4.69, 9.17) is 5.73 Å². The fourth-order valence-corrected chi connectivity index (χ4v) is 5.83. The highest BCUT2D eigenvalue weighted by atomic mass is 19.1. The molecule has 1 saturated carbocycles. The minimum atomic E-state index is -0.629. The Balaban J connectivity index is 1.29. The monoisotopic (exact) mass is 563 g/mol. The van der Waals surface area contributed by atoms with E-state index >= 15 is 4.39 Å². The van der Waals surface area contributed by atoms with Crippen molar-refractivity contribution in [1.29, 1.82) is 0 Å². The molecule has 0 spiro atoms. The van der Waals surface area contributed by atoms with Crippen LogP contribution in [0.2, 0.25) is 0 Å². The van der Waals surface area contributed by atoms with Gasteiger partial charge in [0.1, 0.15) is 23.2 Å². The van der Waals surface area contributed by atoms with E-state index in [1.807, 2.05) is 30.5 Å². The molecule has 10 heteroatoms. The third kappa shape index (κ3) is 5.07. The van der Waals surface area contributed by atoms with Gasteiger partial charge in [0.2, 0.25) is 0 Å². The second kappa shape index (κ2) is 11.4. The molecule has 3 heterocycles. The molecule has 1 amide bonds. The van der Waals surface area contributed by atoms with Crippen LogP contribution < -0.4 is 16.6 Å². The first-order chi connectivity index (χ1) is 20.4. The van der Waals surface area contributed by atoms with E-state index in [1.54, 1.807) is 48.1 Å². The van der Waals surface area contributed by atoms with Gasteiger partial charge in [-0.1, -0.05) is 18.2 Å². The van der Waals surface area contributed by atoms with Gasteiger partial charge in [-0.2, -0.15) is 5.10 Å². The number of halogens is 1. The molecule has 3 N–H and O–H groups in total. The zero-order chi connectivity index (χ0) is 29.2. The first kappa shape index (κ1) is 27.1. The molecule has 2 aromatic carbocycles. The number of para-hydroxylation sites is 1. The predicted molar refractivity (Wildman–Crippen MR) is 162 cm³/mol. The number of hydrogen-bond acceptors (Lipinski definition) is 6. The predicted octanol–water partition coefficient (Wildman–Crippen LogP) is 5.50. The lowest BCUT2D eigenvalue weighted by molar-refractivity contribution is 0.102. The molecule has 0 aliphatic heterocycles. The van der Waals surface area contributed by atoms with Crippen LogP contribution in [-0.2, 0) is 0 Å². The van der Waals surface area contributed by atoms with Gasteiger partial charge in [0, 0.05) is 53.6 Å². The van der Waals surface area contributed by atoms with E-state index < -0.39 is 17.3 Å². The molecule has 5 aromatic rings. The van der Waals surface area contributed by atoms with Gasteiger partial charge in [0.25, 0.3) is 11.5 Å². The molecule has 1 aliphatic rings. The molecular formula is C32H30FN7O2. The van der Waals surface area contributed by atoms with Crippen molar-refractivity contribution in [3.05, 3.63) is 107 Å². The lowest BCUT2D eigenvalue weighted by Crippen LogP contribution is -2.27. The number of anilines is 2. The van der Waals surface area contributed by atoms with E-state index in [0.717, 1.165) is 31.4 Å². The summed E-state index contributed by atoms with van der Waals surface area (Å²) in [6, 6.07) is 18.5. The van der Waals surface area contributed by atoms with Crippen LogP contribution in [0, 0.1) is 11.7 Å². The van der Waals surface area contributed by atoms with Crippen LogP contribution in [0.5, 0.6) is 0 Å². The molecule has 0 unspecified atom stereocenters. The summed E-state index contributed by atoms with van der Waals surface area (Å²) >= 11 is 0. The summed E-state index contributed by atoms with van der Waals surface area (Å²) in [5, 5.41) is 7.12. The highest BCUT2D eigenvalue weighted by Crippen LogP contribution is 2.40. The van der Waals surface area contributed by atoms with Gasteiger partial charge in [0.15, 0.2) is 5.82 Å². The largest absolute Gasteiger partial charge is 0.382 e. The Kier molecular flexibility index (Phi) is 7.35. The average molecular weight is 564 g/mol. The number of hydrogen-bond donors (Lipinski definition) is 2. The third-order valence-corrected chi connectivity index (χ3v) is 7.90. The first-order valence-electron chi connectivity index (χ1n) is 13.9. The maximum absolute atomic E-state index is 15.7.